The summed E-state index contributed by atoms with van der Waals surface area (Å²) in [5.41, 5.74) is 9.04. The van der Waals surface area contributed by atoms with Gasteiger partial charge < -0.3 is 11.1 Å². The van der Waals surface area contributed by atoms with Gasteiger partial charge in [0.1, 0.15) is 6.54 Å². The van der Waals surface area contributed by atoms with Crippen molar-refractivity contribution >= 4 is 11.6 Å². The Morgan fingerprint density at radius 3 is 2.63 bits per heavy atom. The van der Waals surface area contributed by atoms with Gasteiger partial charge in [0.15, 0.2) is 0 Å². The summed E-state index contributed by atoms with van der Waals surface area (Å²) >= 11 is 0. The van der Waals surface area contributed by atoms with Gasteiger partial charge in [-0.05, 0) is 31.5 Å². The Hall–Kier alpha value is -2.37. The third-order valence-electron chi connectivity index (χ3n) is 2.97. The molecule has 0 aromatic carbocycles. The molecule has 0 aliphatic heterocycles. The Morgan fingerprint density at radius 1 is 1.37 bits per heavy atom. The third-order valence-corrected chi connectivity index (χ3v) is 2.97. The van der Waals surface area contributed by atoms with Gasteiger partial charge in [-0.25, -0.2) is 0 Å². The van der Waals surface area contributed by atoms with Gasteiger partial charge in [0.25, 0.3) is 0 Å². The van der Waals surface area contributed by atoms with Crippen molar-refractivity contribution in [2.45, 2.75) is 26.9 Å². The minimum Gasteiger partial charge on any atom is -0.396 e. The van der Waals surface area contributed by atoms with Gasteiger partial charge in [-0.3, -0.25) is 14.5 Å². The summed E-state index contributed by atoms with van der Waals surface area (Å²) in [6.45, 7) is 4.34. The van der Waals surface area contributed by atoms with Gasteiger partial charge in [-0.2, -0.15) is 5.10 Å². The fourth-order valence-electron chi connectivity index (χ4n) is 1.76. The number of aromatic nitrogens is 3. The molecule has 0 saturated heterocycles. The average Bonchev–Trinajstić information content (AvgIpc) is 2.65. The van der Waals surface area contributed by atoms with Crippen LogP contribution in [-0.2, 0) is 17.9 Å². The van der Waals surface area contributed by atoms with Gasteiger partial charge in [-0.15, -0.1) is 0 Å². The highest BCUT2D eigenvalue weighted by atomic mass is 16.2. The highest BCUT2D eigenvalue weighted by Crippen LogP contribution is 2.14. The molecule has 0 fully saturated rings. The molecule has 1 amide bonds. The van der Waals surface area contributed by atoms with E-state index in [0.29, 0.717) is 12.2 Å². The van der Waals surface area contributed by atoms with Crippen molar-refractivity contribution in [3.05, 3.63) is 41.5 Å². The maximum Gasteiger partial charge on any atom is 0.242 e. The Labute approximate surface area is 111 Å². The van der Waals surface area contributed by atoms with Crippen LogP contribution < -0.4 is 11.1 Å². The minimum absolute atomic E-state index is 0.0950. The number of nitrogens with two attached hydrogens (primary N) is 1. The third kappa shape index (κ3) is 3.09. The number of carbonyl (C=O) groups excluding carboxylic acids is 1. The molecule has 0 unspecified atom stereocenters. The summed E-state index contributed by atoms with van der Waals surface area (Å²) in [7, 11) is 0. The lowest BCUT2D eigenvalue weighted by Crippen LogP contribution is -2.28. The molecule has 0 saturated carbocycles. The molecule has 3 N–H and O–H groups in total. The minimum atomic E-state index is -0.0950. The van der Waals surface area contributed by atoms with Crippen LogP contribution in [0.5, 0.6) is 0 Å². The zero-order valence-electron chi connectivity index (χ0n) is 11.1. The molecule has 0 spiro atoms. The lowest BCUT2D eigenvalue weighted by atomic mass is 10.3. The maximum absolute atomic E-state index is 11.8. The van der Waals surface area contributed by atoms with Gasteiger partial charge in [-0.1, -0.05) is 0 Å². The van der Waals surface area contributed by atoms with Crippen LogP contribution in [-0.4, -0.2) is 20.7 Å². The Morgan fingerprint density at radius 2 is 2.05 bits per heavy atom. The Bertz CT molecular complexity index is 576. The van der Waals surface area contributed by atoms with E-state index in [1.165, 1.54) is 0 Å². The van der Waals surface area contributed by atoms with E-state index in [1.54, 1.807) is 17.1 Å². The number of nitrogen functional groups attached to an aromatic ring is 1. The lowest BCUT2D eigenvalue weighted by molar-refractivity contribution is -0.122. The normalized spacial score (nSPS) is 10.4. The first-order chi connectivity index (χ1) is 9.08. The second-order valence-electron chi connectivity index (χ2n) is 4.37. The predicted molar refractivity (Wildman–Crippen MR) is 72.2 cm³/mol. The monoisotopic (exact) mass is 259 g/mol. The highest BCUT2D eigenvalue weighted by Gasteiger charge is 2.11. The van der Waals surface area contributed by atoms with Crippen molar-refractivity contribution in [2.24, 2.45) is 0 Å². The molecule has 2 rings (SSSR count). The van der Waals surface area contributed by atoms with Crippen LogP contribution in [0.2, 0.25) is 0 Å². The smallest absolute Gasteiger partial charge is 0.242 e. The van der Waals surface area contributed by atoms with E-state index in [1.807, 2.05) is 26.0 Å². The van der Waals surface area contributed by atoms with Crippen molar-refractivity contribution in [1.82, 2.24) is 20.1 Å². The molecular weight excluding hydrogens is 242 g/mol. The quantitative estimate of drug-likeness (QED) is 0.850. The van der Waals surface area contributed by atoms with Crippen LogP contribution >= 0.6 is 0 Å². The number of rotatable bonds is 4. The number of pyridine rings is 1. The molecule has 2 heterocycles. The highest BCUT2D eigenvalue weighted by molar-refractivity contribution is 5.75. The van der Waals surface area contributed by atoms with Crippen molar-refractivity contribution < 1.29 is 4.79 Å². The first kappa shape index (κ1) is 13.1. The number of hydrogen-bond donors (Lipinski definition) is 2. The molecular formula is C13H17N5O. The second-order valence-corrected chi connectivity index (χ2v) is 4.37. The van der Waals surface area contributed by atoms with Crippen LogP contribution in [0.3, 0.4) is 0 Å². The number of amides is 1. The first-order valence-corrected chi connectivity index (χ1v) is 6.03. The van der Waals surface area contributed by atoms with Crippen molar-refractivity contribution in [3.63, 3.8) is 0 Å². The van der Waals surface area contributed by atoms with Crippen molar-refractivity contribution in [2.75, 3.05) is 5.73 Å². The standard InChI is InChI=1S/C13H17N5O/c1-9-13(14)10(2)18(17-9)8-12(19)16-7-11-3-5-15-6-4-11/h3-6H,7-8,14H2,1-2H3,(H,16,19). The molecule has 2 aromatic rings. The zero-order valence-corrected chi connectivity index (χ0v) is 11.1. The van der Waals surface area contributed by atoms with Crippen LogP contribution in [0.4, 0.5) is 5.69 Å². The summed E-state index contributed by atoms with van der Waals surface area (Å²) in [4.78, 5) is 15.8. The van der Waals surface area contributed by atoms with Gasteiger partial charge in [0, 0.05) is 18.9 Å². The number of aryl methyl sites for hydroxylation is 1. The molecule has 0 aliphatic rings. The van der Waals surface area contributed by atoms with E-state index in [2.05, 4.69) is 15.4 Å². The van der Waals surface area contributed by atoms with E-state index in [0.717, 1.165) is 17.0 Å². The summed E-state index contributed by atoms with van der Waals surface area (Å²) in [5, 5.41) is 7.06. The maximum atomic E-state index is 11.8. The molecule has 0 atom stereocenters. The summed E-state index contributed by atoms with van der Waals surface area (Å²) < 4.78 is 1.62. The fraction of sp³-hybridized carbons (Fsp3) is 0.308. The van der Waals surface area contributed by atoms with Crippen LogP contribution in [0.1, 0.15) is 17.0 Å². The van der Waals surface area contributed by atoms with Gasteiger partial charge in [0.05, 0.1) is 17.1 Å². The van der Waals surface area contributed by atoms with E-state index >= 15 is 0 Å². The van der Waals surface area contributed by atoms with Crippen molar-refractivity contribution in [3.8, 4) is 0 Å². The number of anilines is 1. The van der Waals surface area contributed by atoms with Gasteiger partial charge in [0.2, 0.25) is 5.91 Å². The molecule has 100 valence electrons. The predicted octanol–water partition coefficient (Wildman–Crippen LogP) is 0.794. The second kappa shape index (κ2) is 5.51. The molecule has 19 heavy (non-hydrogen) atoms. The number of hydrogen-bond acceptors (Lipinski definition) is 4. The summed E-state index contributed by atoms with van der Waals surface area (Å²) in [6.07, 6.45) is 3.40. The van der Waals surface area contributed by atoms with E-state index < -0.39 is 0 Å². The topological polar surface area (TPSA) is 85.8 Å². The van der Waals surface area contributed by atoms with E-state index in [-0.39, 0.29) is 12.5 Å². The van der Waals surface area contributed by atoms with Crippen LogP contribution in [0, 0.1) is 13.8 Å². The Kier molecular flexibility index (Phi) is 3.79. The largest absolute Gasteiger partial charge is 0.396 e. The molecule has 2 aromatic heterocycles. The SMILES string of the molecule is Cc1nn(CC(=O)NCc2ccncc2)c(C)c1N. The van der Waals surface area contributed by atoms with E-state index in [4.69, 9.17) is 5.73 Å². The zero-order chi connectivity index (χ0) is 13.8. The Balaban J connectivity index is 1.93. The number of nitrogens with one attached hydrogen (secondary N) is 1. The lowest BCUT2D eigenvalue weighted by Gasteiger charge is -2.06. The molecule has 0 radical (unpaired) electrons. The van der Waals surface area contributed by atoms with E-state index in [9.17, 15) is 4.79 Å². The molecule has 6 heteroatoms. The number of carbonyl (C=O) groups is 1. The van der Waals surface area contributed by atoms with Gasteiger partial charge >= 0.3 is 0 Å². The summed E-state index contributed by atoms with van der Waals surface area (Å²) in [6, 6.07) is 3.73. The van der Waals surface area contributed by atoms with Crippen molar-refractivity contribution in [1.29, 1.82) is 0 Å². The molecule has 0 bridgehead atoms. The number of nitrogens with zero attached hydrogens (tertiary/aromatic N) is 3. The molecule has 6 nitrogen and oxygen atoms in total. The fourth-order valence-corrected chi connectivity index (χ4v) is 1.76. The summed E-state index contributed by atoms with van der Waals surface area (Å²) in [5.74, 6) is -0.0950. The molecule has 0 aliphatic carbocycles. The van der Waals surface area contributed by atoms with Crippen LogP contribution in [0.15, 0.2) is 24.5 Å². The first-order valence-electron chi connectivity index (χ1n) is 6.03. The average molecular weight is 259 g/mol. The van der Waals surface area contributed by atoms with Crippen LogP contribution in [0.25, 0.3) is 0 Å².